The molecular weight excluding hydrogens is 407 g/mol. The Labute approximate surface area is 178 Å². The summed E-state index contributed by atoms with van der Waals surface area (Å²) in [7, 11) is 1.82. The zero-order valence-corrected chi connectivity index (χ0v) is 17.9. The number of aromatic nitrogens is 3. The summed E-state index contributed by atoms with van der Waals surface area (Å²) >= 11 is 1.12. The monoisotopic (exact) mass is 430 g/mol. The molecule has 158 valence electrons. The van der Waals surface area contributed by atoms with Crippen LogP contribution < -0.4 is 4.90 Å². The van der Waals surface area contributed by atoms with Gasteiger partial charge in [0.05, 0.1) is 25.0 Å². The first-order chi connectivity index (χ1) is 14.4. The topological polar surface area (TPSA) is 77.3 Å². The second kappa shape index (κ2) is 9.62. The molecule has 30 heavy (non-hydrogen) atoms. The molecule has 1 amide bonds. The average Bonchev–Trinajstić information content (AvgIpc) is 3.31. The van der Waals surface area contributed by atoms with Crippen molar-refractivity contribution in [3.8, 4) is 0 Å². The van der Waals surface area contributed by atoms with Gasteiger partial charge in [-0.25, -0.2) is 14.2 Å². The Balaban J connectivity index is 1.84. The number of ether oxygens (including phenoxy) is 1. The molecule has 0 bridgehead atoms. The summed E-state index contributed by atoms with van der Waals surface area (Å²) in [5.41, 5.74) is 2.23. The average molecular weight is 431 g/mol. The number of amides is 1. The van der Waals surface area contributed by atoms with Crippen molar-refractivity contribution in [1.29, 1.82) is 0 Å². The standard InChI is InChI=1S/C21H23FN4O3S/c1-4-29-20(28)19-14(2)24-21(30-19)26(13-15-5-8-17(22)9-6-15)18(27)10-7-16-11-23-25(3)12-16/h5-6,8-9,11-12H,4,7,10,13H2,1-3H3. The first-order valence-corrected chi connectivity index (χ1v) is 10.4. The van der Waals surface area contributed by atoms with Gasteiger partial charge < -0.3 is 4.74 Å². The van der Waals surface area contributed by atoms with E-state index in [4.69, 9.17) is 4.74 Å². The van der Waals surface area contributed by atoms with E-state index in [1.54, 1.807) is 36.9 Å². The normalized spacial score (nSPS) is 10.8. The number of halogens is 1. The minimum atomic E-state index is -0.455. The molecule has 1 aromatic carbocycles. The summed E-state index contributed by atoms with van der Waals surface area (Å²) < 4.78 is 20.0. The SMILES string of the molecule is CCOC(=O)c1sc(N(Cc2ccc(F)cc2)C(=O)CCc2cnn(C)c2)nc1C. The van der Waals surface area contributed by atoms with E-state index in [2.05, 4.69) is 10.1 Å². The molecule has 0 unspecified atom stereocenters. The van der Waals surface area contributed by atoms with Crippen molar-refractivity contribution in [3.63, 3.8) is 0 Å². The molecule has 0 N–H and O–H groups in total. The molecule has 0 radical (unpaired) electrons. The highest BCUT2D eigenvalue weighted by molar-refractivity contribution is 7.17. The van der Waals surface area contributed by atoms with Gasteiger partial charge in [-0.2, -0.15) is 5.10 Å². The molecule has 0 aliphatic rings. The van der Waals surface area contributed by atoms with E-state index in [0.29, 0.717) is 22.1 Å². The molecule has 2 aromatic heterocycles. The number of carbonyl (C=O) groups is 2. The van der Waals surface area contributed by atoms with Crippen LogP contribution in [-0.4, -0.2) is 33.2 Å². The van der Waals surface area contributed by atoms with Crippen molar-refractivity contribution in [2.24, 2.45) is 7.05 Å². The molecular formula is C21H23FN4O3S. The molecule has 0 aliphatic heterocycles. The smallest absolute Gasteiger partial charge is 0.350 e. The molecule has 0 saturated heterocycles. The third-order valence-electron chi connectivity index (χ3n) is 4.42. The Morgan fingerprint density at radius 3 is 2.60 bits per heavy atom. The number of thiazole rings is 1. The van der Waals surface area contributed by atoms with Crippen LogP contribution in [0.5, 0.6) is 0 Å². The fraction of sp³-hybridized carbons (Fsp3) is 0.333. The van der Waals surface area contributed by atoms with Crippen LogP contribution in [-0.2, 0) is 29.5 Å². The third kappa shape index (κ3) is 5.29. The number of hydrogen-bond donors (Lipinski definition) is 0. The summed E-state index contributed by atoms with van der Waals surface area (Å²) in [6.45, 7) is 3.93. The van der Waals surface area contributed by atoms with Gasteiger partial charge in [0.15, 0.2) is 5.13 Å². The van der Waals surface area contributed by atoms with Crippen molar-refractivity contribution in [2.45, 2.75) is 33.2 Å². The van der Waals surface area contributed by atoms with Gasteiger partial charge in [-0.1, -0.05) is 23.5 Å². The number of rotatable bonds is 8. The highest BCUT2D eigenvalue weighted by Gasteiger charge is 2.24. The van der Waals surface area contributed by atoms with Crippen LogP contribution in [0.15, 0.2) is 36.7 Å². The van der Waals surface area contributed by atoms with E-state index in [1.807, 2.05) is 13.2 Å². The Hall–Kier alpha value is -3.07. The highest BCUT2D eigenvalue weighted by atomic mass is 32.1. The molecule has 2 heterocycles. The lowest BCUT2D eigenvalue weighted by Crippen LogP contribution is -2.30. The fourth-order valence-electron chi connectivity index (χ4n) is 2.91. The lowest BCUT2D eigenvalue weighted by molar-refractivity contribution is -0.118. The number of hydrogen-bond acceptors (Lipinski definition) is 6. The molecule has 0 atom stereocenters. The Kier molecular flexibility index (Phi) is 6.94. The number of aryl methyl sites for hydroxylation is 3. The molecule has 0 fully saturated rings. The summed E-state index contributed by atoms with van der Waals surface area (Å²) in [6.07, 6.45) is 4.37. The van der Waals surface area contributed by atoms with Crippen molar-refractivity contribution in [1.82, 2.24) is 14.8 Å². The van der Waals surface area contributed by atoms with E-state index in [0.717, 1.165) is 22.5 Å². The van der Waals surface area contributed by atoms with E-state index in [-0.39, 0.29) is 31.3 Å². The fourth-order valence-corrected chi connectivity index (χ4v) is 3.88. The molecule has 9 heteroatoms. The summed E-state index contributed by atoms with van der Waals surface area (Å²) in [6, 6.07) is 5.96. The number of carbonyl (C=O) groups excluding carboxylic acids is 2. The Morgan fingerprint density at radius 1 is 1.23 bits per heavy atom. The Morgan fingerprint density at radius 2 is 1.97 bits per heavy atom. The van der Waals surface area contributed by atoms with Crippen LogP contribution in [0, 0.1) is 12.7 Å². The summed E-state index contributed by atoms with van der Waals surface area (Å²) in [5, 5.41) is 4.53. The lowest BCUT2D eigenvalue weighted by Gasteiger charge is -2.20. The third-order valence-corrected chi connectivity index (χ3v) is 5.58. The predicted molar refractivity (Wildman–Crippen MR) is 112 cm³/mol. The van der Waals surface area contributed by atoms with Crippen LogP contribution >= 0.6 is 11.3 Å². The lowest BCUT2D eigenvalue weighted by atomic mass is 10.1. The number of anilines is 1. The van der Waals surface area contributed by atoms with Crippen LogP contribution in [0.4, 0.5) is 9.52 Å². The minimum Gasteiger partial charge on any atom is -0.462 e. The summed E-state index contributed by atoms with van der Waals surface area (Å²) in [4.78, 5) is 31.6. The van der Waals surface area contributed by atoms with Gasteiger partial charge in [0.25, 0.3) is 0 Å². The van der Waals surface area contributed by atoms with E-state index in [1.165, 1.54) is 17.0 Å². The zero-order chi connectivity index (χ0) is 21.7. The van der Waals surface area contributed by atoms with Crippen LogP contribution in [0.3, 0.4) is 0 Å². The molecule has 0 spiro atoms. The van der Waals surface area contributed by atoms with E-state index in [9.17, 15) is 14.0 Å². The zero-order valence-electron chi connectivity index (χ0n) is 17.1. The van der Waals surface area contributed by atoms with Gasteiger partial charge in [-0.05, 0) is 43.5 Å². The second-order valence-corrected chi connectivity index (χ2v) is 7.74. The van der Waals surface area contributed by atoms with Gasteiger partial charge >= 0.3 is 5.97 Å². The van der Waals surface area contributed by atoms with Crippen molar-refractivity contribution < 1.29 is 18.7 Å². The van der Waals surface area contributed by atoms with Crippen molar-refractivity contribution in [2.75, 3.05) is 11.5 Å². The number of benzene rings is 1. The second-order valence-electron chi connectivity index (χ2n) is 6.76. The van der Waals surface area contributed by atoms with Crippen LogP contribution in [0.2, 0.25) is 0 Å². The van der Waals surface area contributed by atoms with E-state index >= 15 is 0 Å². The largest absolute Gasteiger partial charge is 0.462 e. The highest BCUT2D eigenvalue weighted by Crippen LogP contribution is 2.29. The Bertz CT molecular complexity index is 1030. The van der Waals surface area contributed by atoms with Gasteiger partial charge in [-0.15, -0.1) is 0 Å². The van der Waals surface area contributed by atoms with E-state index < -0.39 is 5.97 Å². The number of esters is 1. The maximum atomic E-state index is 13.3. The first kappa shape index (κ1) is 21.6. The van der Waals surface area contributed by atoms with Gasteiger partial charge in [-0.3, -0.25) is 14.4 Å². The van der Waals surface area contributed by atoms with Crippen LogP contribution in [0.1, 0.15) is 39.8 Å². The summed E-state index contributed by atoms with van der Waals surface area (Å²) in [5.74, 6) is -0.946. The van der Waals surface area contributed by atoms with Crippen LogP contribution in [0.25, 0.3) is 0 Å². The van der Waals surface area contributed by atoms with Crippen molar-refractivity contribution >= 4 is 28.3 Å². The maximum absolute atomic E-state index is 13.3. The predicted octanol–water partition coefficient (Wildman–Crippen LogP) is 3.67. The van der Waals surface area contributed by atoms with Crippen molar-refractivity contribution in [3.05, 3.63) is 64.2 Å². The molecule has 3 aromatic rings. The van der Waals surface area contributed by atoms with Gasteiger partial charge in [0.1, 0.15) is 10.7 Å². The quantitative estimate of drug-likeness (QED) is 0.510. The number of nitrogens with zero attached hydrogens (tertiary/aromatic N) is 4. The van der Waals surface area contributed by atoms with Gasteiger partial charge in [0, 0.05) is 19.7 Å². The van der Waals surface area contributed by atoms with Gasteiger partial charge in [0.2, 0.25) is 5.91 Å². The minimum absolute atomic E-state index is 0.146. The molecule has 7 nitrogen and oxygen atoms in total. The molecule has 0 saturated carbocycles. The first-order valence-electron chi connectivity index (χ1n) is 9.54. The molecule has 3 rings (SSSR count). The molecule has 0 aliphatic carbocycles. The maximum Gasteiger partial charge on any atom is 0.350 e.